The van der Waals surface area contributed by atoms with E-state index < -0.39 is 0 Å². The second-order valence-corrected chi connectivity index (χ2v) is 6.06. The van der Waals surface area contributed by atoms with E-state index >= 15 is 0 Å². The van der Waals surface area contributed by atoms with Gasteiger partial charge in [-0.05, 0) is 36.4 Å². The van der Waals surface area contributed by atoms with Crippen LogP contribution in [-0.4, -0.2) is 7.11 Å². The number of methoxy groups -OCH3 is 1. The lowest BCUT2D eigenvalue weighted by atomic mass is 10.2. The highest BCUT2D eigenvalue weighted by Gasteiger charge is 2.07. The molecule has 0 saturated carbocycles. The SMILES string of the molecule is COc1ccc(Br)cc1COc1cc(Br)ccc1Cl. The summed E-state index contributed by atoms with van der Waals surface area (Å²) in [6, 6.07) is 11.3. The molecule has 0 radical (unpaired) electrons. The number of hydrogen-bond acceptors (Lipinski definition) is 2. The molecule has 0 heterocycles. The van der Waals surface area contributed by atoms with Gasteiger partial charge in [0.2, 0.25) is 0 Å². The molecular weight excluding hydrogens is 395 g/mol. The molecule has 5 heteroatoms. The third kappa shape index (κ3) is 3.88. The van der Waals surface area contributed by atoms with Crippen LogP contribution in [0.3, 0.4) is 0 Å². The second-order valence-electron chi connectivity index (χ2n) is 3.82. The van der Waals surface area contributed by atoms with Crippen molar-refractivity contribution in [1.82, 2.24) is 0 Å². The van der Waals surface area contributed by atoms with Crippen molar-refractivity contribution in [3.05, 3.63) is 55.9 Å². The van der Waals surface area contributed by atoms with Crippen LogP contribution in [0.2, 0.25) is 5.02 Å². The summed E-state index contributed by atoms with van der Waals surface area (Å²) in [7, 11) is 1.64. The smallest absolute Gasteiger partial charge is 0.139 e. The van der Waals surface area contributed by atoms with Crippen LogP contribution < -0.4 is 9.47 Å². The first-order chi connectivity index (χ1) is 9.10. The molecule has 0 saturated heterocycles. The van der Waals surface area contributed by atoms with Crippen molar-refractivity contribution in [2.24, 2.45) is 0 Å². The topological polar surface area (TPSA) is 18.5 Å². The molecule has 0 N–H and O–H groups in total. The van der Waals surface area contributed by atoms with Crippen molar-refractivity contribution in [2.45, 2.75) is 6.61 Å². The van der Waals surface area contributed by atoms with Crippen molar-refractivity contribution in [3.63, 3.8) is 0 Å². The molecular formula is C14H11Br2ClO2. The predicted molar refractivity (Wildman–Crippen MR) is 84.2 cm³/mol. The van der Waals surface area contributed by atoms with Gasteiger partial charge in [0.1, 0.15) is 18.1 Å². The van der Waals surface area contributed by atoms with E-state index in [9.17, 15) is 0 Å². The molecule has 0 aliphatic rings. The normalized spacial score (nSPS) is 10.3. The lowest BCUT2D eigenvalue weighted by Crippen LogP contribution is -1.99. The lowest BCUT2D eigenvalue weighted by Gasteiger charge is -2.12. The van der Waals surface area contributed by atoms with E-state index in [1.54, 1.807) is 13.2 Å². The van der Waals surface area contributed by atoms with Gasteiger partial charge in [0.25, 0.3) is 0 Å². The molecule has 0 spiro atoms. The summed E-state index contributed by atoms with van der Waals surface area (Å²) >= 11 is 12.9. The summed E-state index contributed by atoms with van der Waals surface area (Å²) in [5.74, 6) is 1.42. The highest BCUT2D eigenvalue weighted by atomic mass is 79.9. The minimum absolute atomic E-state index is 0.388. The van der Waals surface area contributed by atoms with Crippen molar-refractivity contribution in [3.8, 4) is 11.5 Å². The van der Waals surface area contributed by atoms with Gasteiger partial charge in [-0.2, -0.15) is 0 Å². The van der Waals surface area contributed by atoms with Gasteiger partial charge in [-0.1, -0.05) is 43.5 Å². The van der Waals surface area contributed by atoms with Crippen LogP contribution in [0.4, 0.5) is 0 Å². The van der Waals surface area contributed by atoms with E-state index in [-0.39, 0.29) is 0 Å². The Labute approximate surface area is 133 Å². The minimum Gasteiger partial charge on any atom is -0.496 e. The third-order valence-electron chi connectivity index (χ3n) is 2.52. The Morgan fingerprint density at radius 2 is 1.68 bits per heavy atom. The Morgan fingerprint density at radius 3 is 2.42 bits per heavy atom. The largest absolute Gasteiger partial charge is 0.496 e. The average molecular weight is 407 g/mol. The molecule has 2 nitrogen and oxygen atoms in total. The third-order valence-corrected chi connectivity index (χ3v) is 3.82. The van der Waals surface area contributed by atoms with Gasteiger partial charge in [-0.25, -0.2) is 0 Å². The molecule has 0 aromatic heterocycles. The van der Waals surface area contributed by atoms with E-state index in [2.05, 4.69) is 31.9 Å². The highest BCUT2D eigenvalue weighted by molar-refractivity contribution is 9.10. The molecule has 2 aromatic carbocycles. The summed E-state index contributed by atoms with van der Waals surface area (Å²) in [6.45, 7) is 0.388. The van der Waals surface area contributed by atoms with Crippen LogP contribution in [0.1, 0.15) is 5.56 Å². The zero-order valence-electron chi connectivity index (χ0n) is 10.1. The quantitative estimate of drug-likeness (QED) is 0.672. The van der Waals surface area contributed by atoms with Gasteiger partial charge in [-0.15, -0.1) is 0 Å². The maximum atomic E-state index is 6.08. The monoisotopic (exact) mass is 404 g/mol. The summed E-state index contributed by atoms with van der Waals surface area (Å²) in [5, 5.41) is 0.581. The fourth-order valence-corrected chi connectivity index (χ4v) is 2.52. The first-order valence-electron chi connectivity index (χ1n) is 5.50. The van der Waals surface area contributed by atoms with Gasteiger partial charge in [0.15, 0.2) is 0 Å². The minimum atomic E-state index is 0.388. The van der Waals surface area contributed by atoms with Crippen LogP contribution in [-0.2, 0) is 6.61 Å². The zero-order valence-corrected chi connectivity index (χ0v) is 14.0. The molecule has 2 aromatic rings. The van der Waals surface area contributed by atoms with E-state index in [4.69, 9.17) is 21.1 Å². The molecule has 19 heavy (non-hydrogen) atoms. The second kappa shape index (κ2) is 6.64. The highest BCUT2D eigenvalue weighted by Crippen LogP contribution is 2.30. The van der Waals surface area contributed by atoms with Crippen LogP contribution in [0, 0.1) is 0 Å². The van der Waals surface area contributed by atoms with Crippen LogP contribution in [0.5, 0.6) is 11.5 Å². The van der Waals surface area contributed by atoms with Crippen LogP contribution >= 0.6 is 43.5 Å². The molecule has 2 rings (SSSR count). The number of hydrogen-bond donors (Lipinski definition) is 0. The summed E-state index contributed by atoms with van der Waals surface area (Å²) < 4.78 is 12.9. The number of halogens is 3. The maximum absolute atomic E-state index is 6.08. The Morgan fingerprint density at radius 1 is 1.00 bits per heavy atom. The first-order valence-corrected chi connectivity index (χ1v) is 7.47. The first kappa shape index (κ1) is 14.7. The van der Waals surface area contributed by atoms with Crippen molar-refractivity contribution < 1.29 is 9.47 Å². The molecule has 0 atom stereocenters. The average Bonchev–Trinajstić information content (AvgIpc) is 2.40. The van der Waals surface area contributed by atoms with Crippen molar-refractivity contribution in [1.29, 1.82) is 0 Å². The van der Waals surface area contributed by atoms with Crippen LogP contribution in [0.25, 0.3) is 0 Å². The maximum Gasteiger partial charge on any atom is 0.139 e. The lowest BCUT2D eigenvalue weighted by molar-refractivity contribution is 0.296. The predicted octanol–water partition coefficient (Wildman–Crippen LogP) is 5.45. The van der Waals surface area contributed by atoms with E-state index in [0.717, 1.165) is 20.3 Å². The molecule has 0 fully saturated rings. The Kier molecular flexibility index (Phi) is 5.13. The fraction of sp³-hybridized carbons (Fsp3) is 0.143. The van der Waals surface area contributed by atoms with Gasteiger partial charge < -0.3 is 9.47 Å². The summed E-state index contributed by atoms with van der Waals surface area (Å²) in [4.78, 5) is 0. The molecule has 100 valence electrons. The van der Waals surface area contributed by atoms with E-state index in [1.807, 2.05) is 30.3 Å². The van der Waals surface area contributed by atoms with Crippen molar-refractivity contribution >= 4 is 43.5 Å². The molecule has 0 unspecified atom stereocenters. The molecule has 0 amide bonds. The van der Waals surface area contributed by atoms with E-state index in [1.165, 1.54) is 0 Å². The molecule has 0 bridgehead atoms. The summed E-state index contributed by atoms with van der Waals surface area (Å²) in [5.41, 5.74) is 0.952. The van der Waals surface area contributed by atoms with Gasteiger partial charge in [0, 0.05) is 14.5 Å². The van der Waals surface area contributed by atoms with Crippen LogP contribution in [0.15, 0.2) is 45.3 Å². The fourth-order valence-electron chi connectivity index (χ4n) is 1.60. The van der Waals surface area contributed by atoms with Gasteiger partial charge >= 0.3 is 0 Å². The molecule has 0 aliphatic heterocycles. The zero-order chi connectivity index (χ0) is 13.8. The number of rotatable bonds is 4. The Hall–Kier alpha value is -0.710. The Balaban J connectivity index is 2.18. The Bertz CT molecular complexity index is 588. The van der Waals surface area contributed by atoms with E-state index in [0.29, 0.717) is 17.4 Å². The standard InChI is InChI=1S/C14H11Br2ClO2/c1-18-13-5-3-10(15)6-9(13)8-19-14-7-11(16)2-4-12(14)17/h2-7H,8H2,1H3. The summed E-state index contributed by atoms with van der Waals surface area (Å²) in [6.07, 6.45) is 0. The number of ether oxygens (including phenoxy) is 2. The van der Waals surface area contributed by atoms with Crippen molar-refractivity contribution in [2.75, 3.05) is 7.11 Å². The van der Waals surface area contributed by atoms with Gasteiger partial charge in [-0.3, -0.25) is 0 Å². The van der Waals surface area contributed by atoms with Gasteiger partial charge in [0.05, 0.1) is 12.1 Å². The molecule has 0 aliphatic carbocycles. The number of benzene rings is 2.